The Morgan fingerprint density at radius 1 is 0.196 bits per heavy atom. The zero-order valence-electron chi connectivity index (χ0n) is 96.8. The van der Waals surface area contributed by atoms with E-state index in [-0.39, 0.29) is 97.9 Å². The molecular weight excluding hydrogens is 1850 g/mol. The van der Waals surface area contributed by atoms with Crippen LogP contribution in [0.3, 0.4) is 0 Å². The minimum atomic E-state index is -0.244. The van der Waals surface area contributed by atoms with Gasteiger partial charge < -0.3 is 52.6 Å². The van der Waals surface area contributed by atoms with Gasteiger partial charge in [-0.3, -0.25) is 38.4 Å². The van der Waals surface area contributed by atoms with E-state index in [4.69, 9.17) is 37.9 Å². The first-order valence-corrected chi connectivity index (χ1v) is 62.1. The number of rotatable bonds is 118. The first kappa shape index (κ1) is 142. The van der Waals surface area contributed by atoms with Crippen LogP contribution < -0.4 is 0 Å². The molecule has 0 saturated carbocycles. The summed E-state index contributed by atoms with van der Waals surface area (Å²) < 4.78 is 47.4. The molecule has 0 aliphatic heterocycles. The Bertz CT molecular complexity index is 2790. The zero-order valence-corrected chi connectivity index (χ0v) is 96.8. The van der Waals surface area contributed by atoms with E-state index >= 15 is 0 Å². The molecule has 0 fully saturated rings. The van der Waals surface area contributed by atoms with Gasteiger partial charge in [-0.1, -0.05) is 357 Å². The molecule has 0 heterocycles. The van der Waals surface area contributed by atoms with Crippen LogP contribution in [-0.4, -0.2) is 173 Å². The second-order valence-electron chi connectivity index (χ2n) is 42.6. The number of ether oxygens (including phenoxy) is 8. The molecule has 0 N–H and O–H groups in total. The van der Waals surface area contributed by atoms with Crippen LogP contribution in [0.2, 0.25) is 0 Å². The molecule has 0 amide bonds. The van der Waals surface area contributed by atoms with Crippen molar-refractivity contribution < 1.29 is 76.3 Å². The number of carbonyl (C=O) groups excluding carboxylic acids is 8. The highest BCUT2D eigenvalue weighted by molar-refractivity contribution is 5.72. The van der Waals surface area contributed by atoms with Crippen LogP contribution in [0, 0.1) is 0 Å². The average molecular weight is 2080 g/mol. The van der Waals surface area contributed by atoms with E-state index in [0.717, 1.165) is 360 Å². The summed E-state index contributed by atoms with van der Waals surface area (Å²) in [5.41, 5.74) is 0. The van der Waals surface area contributed by atoms with Crippen molar-refractivity contribution in [3.63, 3.8) is 0 Å². The molecule has 0 spiro atoms. The van der Waals surface area contributed by atoms with Crippen LogP contribution in [0.25, 0.3) is 0 Å². The zero-order chi connectivity index (χ0) is 108. The van der Waals surface area contributed by atoms with E-state index in [0.29, 0.717) is 104 Å². The fraction of sp³-hybridized carbons (Fsp3) is 0.814. The molecule has 0 bridgehead atoms. The van der Waals surface area contributed by atoms with E-state index in [1.54, 1.807) is 0 Å². The van der Waals surface area contributed by atoms with Gasteiger partial charge in [-0.25, -0.2) is 0 Å². The summed E-state index contributed by atoms with van der Waals surface area (Å²) in [5, 5.41) is 0. The number of nitrogens with zero attached hydrogens (tertiary/aromatic N) is 3. The molecule has 0 aliphatic carbocycles. The van der Waals surface area contributed by atoms with Gasteiger partial charge in [0.15, 0.2) is 0 Å². The monoisotopic (exact) mass is 2080 g/mol. The van der Waals surface area contributed by atoms with Crippen molar-refractivity contribution in [2.24, 2.45) is 0 Å². The Labute approximate surface area is 909 Å². The molecule has 858 valence electrons. The van der Waals surface area contributed by atoms with E-state index in [2.05, 4.69) is 124 Å². The van der Waals surface area contributed by atoms with E-state index in [1.165, 1.54) is 128 Å². The van der Waals surface area contributed by atoms with Gasteiger partial charge in [0.25, 0.3) is 0 Å². The minimum Gasteiger partial charge on any atom is -0.466 e. The maximum atomic E-state index is 13.4. The van der Waals surface area contributed by atoms with Crippen molar-refractivity contribution in [1.82, 2.24) is 14.7 Å². The molecule has 0 aromatic rings. The summed E-state index contributed by atoms with van der Waals surface area (Å²) in [5.74, 6) is -1.20. The van der Waals surface area contributed by atoms with Gasteiger partial charge in [0.1, 0.15) is 24.4 Å². The highest BCUT2D eigenvalue weighted by atomic mass is 16.6. The van der Waals surface area contributed by atoms with Crippen LogP contribution in [0.4, 0.5) is 0 Å². The third-order valence-electron chi connectivity index (χ3n) is 28.4. The third-order valence-corrected chi connectivity index (χ3v) is 28.4. The maximum Gasteiger partial charge on any atom is 0.307 e. The molecule has 148 heavy (non-hydrogen) atoms. The standard InChI is InChI=1S/C129H231N3O16/c1-10-18-26-34-50-66-82-98-126(137)145-118(90-74-30-22-14-5)94-78-62-54-42-38-46-58-70-86-114-141-122(133)102-106-131(107-103-123(134)142-115-87-71-59-47-39-43-55-63-79-95-119(91-75-31-23-15-6)146-127(138)99-83-67-51-35-27-19-11-2)112-110-130(9)111-113-132(108-104-124(135)143-116-88-72-60-48-40-44-56-64-80-96-120(92-76-32-24-16-7)147-128(139)100-84-68-52-36-28-20-12-3)109-105-125(136)144-117-89-73-61-49-41-45-57-65-81-97-121(93-77-33-25-17-8)148-129(140)101-85-69-53-37-29-21-13-4/h10-13,62-65,78-81,118-121H,1-4,14-61,66-77,82-117H2,5-9H3/b78-62-,79-63-,80-64-,81-65-. The predicted molar refractivity (Wildman–Crippen MR) is 622 cm³/mol. The second kappa shape index (κ2) is 115. The molecule has 4 atom stereocenters. The Balaban J connectivity index is 6.01. The number of carbonyl (C=O) groups is 8. The first-order valence-electron chi connectivity index (χ1n) is 62.1. The van der Waals surface area contributed by atoms with Crippen LogP contribution in [0.15, 0.2) is 99.2 Å². The van der Waals surface area contributed by atoms with Crippen molar-refractivity contribution in [2.75, 3.05) is 85.8 Å². The highest BCUT2D eigenvalue weighted by Gasteiger charge is 2.22. The van der Waals surface area contributed by atoms with Crippen LogP contribution >= 0.6 is 0 Å². The quantitative estimate of drug-likeness (QED) is 0.0239. The largest absolute Gasteiger partial charge is 0.466 e. The Morgan fingerprint density at radius 3 is 0.581 bits per heavy atom. The third kappa shape index (κ3) is 105. The molecule has 0 aliphatic rings. The van der Waals surface area contributed by atoms with Gasteiger partial charge in [0, 0.05) is 104 Å². The van der Waals surface area contributed by atoms with Gasteiger partial charge in [-0.15, -0.1) is 26.3 Å². The summed E-state index contributed by atoms with van der Waals surface area (Å²) in [7, 11) is 2.07. The van der Waals surface area contributed by atoms with Crippen molar-refractivity contribution in [3.8, 4) is 0 Å². The van der Waals surface area contributed by atoms with Gasteiger partial charge in [-0.05, 0) is 213 Å². The minimum absolute atomic E-state index is 0.0497. The summed E-state index contributed by atoms with van der Waals surface area (Å²) in [6, 6.07) is 0. The molecule has 4 unspecified atom stereocenters. The lowest BCUT2D eigenvalue weighted by Gasteiger charge is -2.27. The molecule has 0 aromatic heterocycles. The van der Waals surface area contributed by atoms with Crippen LogP contribution in [0.1, 0.15) is 567 Å². The van der Waals surface area contributed by atoms with Crippen molar-refractivity contribution in [3.05, 3.63) is 99.2 Å². The van der Waals surface area contributed by atoms with E-state index in [9.17, 15) is 38.4 Å². The van der Waals surface area contributed by atoms with Crippen LogP contribution in [-0.2, 0) is 76.3 Å². The molecule has 0 rings (SSSR count). The van der Waals surface area contributed by atoms with Gasteiger partial charge in [-0.2, -0.15) is 0 Å². The number of likely N-dealkylation sites (N-methyl/N-ethyl adjacent to an activating group) is 1. The molecule has 19 nitrogen and oxygen atoms in total. The normalized spacial score (nSPS) is 12.5. The highest BCUT2D eigenvalue weighted by Crippen LogP contribution is 2.24. The lowest BCUT2D eigenvalue weighted by atomic mass is 10.1. The fourth-order valence-corrected chi connectivity index (χ4v) is 18.6. The second-order valence-corrected chi connectivity index (χ2v) is 42.6. The number of esters is 8. The number of hydrogen-bond donors (Lipinski definition) is 0. The van der Waals surface area contributed by atoms with Gasteiger partial charge in [0.2, 0.25) is 0 Å². The predicted octanol–water partition coefficient (Wildman–Crippen LogP) is 35.2. The van der Waals surface area contributed by atoms with E-state index < -0.39 is 0 Å². The molecule has 0 aromatic carbocycles. The Morgan fingerprint density at radius 2 is 0.378 bits per heavy atom. The number of unbranched alkanes of at least 4 members (excludes halogenated alkanes) is 56. The van der Waals surface area contributed by atoms with Crippen molar-refractivity contribution in [1.29, 1.82) is 0 Å². The Hall–Kier alpha value is -6.44. The van der Waals surface area contributed by atoms with Crippen molar-refractivity contribution in [2.45, 2.75) is 591 Å². The topological polar surface area (TPSA) is 220 Å². The summed E-state index contributed by atoms with van der Waals surface area (Å²) in [6.45, 7) is 29.9. The molecule has 19 heteroatoms. The number of hydrogen-bond acceptors (Lipinski definition) is 19. The molecular formula is C129H231N3O16. The smallest absolute Gasteiger partial charge is 0.307 e. The fourth-order valence-electron chi connectivity index (χ4n) is 18.6. The lowest BCUT2D eigenvalue weighted by Crippen LogP contribution is -2.40. The Kier molecular flexibility index (Phi) is 110. The average Bonchev–Trinajstić information content (AvgIpc) is 0.947. The van der Waals surface area contributed by atoms with E-state index in [1.807, 2.05) is 24.3 Å². The first-order chi connectivity index (χ1) is 72.5. The van der Waals surface area contributed by atoms with Crippen molar-refractivity contribution >= 4 is 47.8 Å². The molecule has 0 saturated heterocycles. The van der Waals surface area contributed by atoms with Gasteiger partial charge in [0.05, 0.1) is 52.1 Å². The van der Waals surface area contributed by atoms with Crippen LogP contribution in [0.5, 0.6) is 0 Å². The summed E-state index contributed by atoms with van der Waals surface area (Å²) >= 11 is 0. The SMILES string of the molecule is C=CCCCCCCCC(=O)OC(C/C=C\CCCCCCCCOC(=O)CCN(CCC(=O)OCCCCCCCC/C=C\CC(CCCCCC)OC(=O)CCCCCCCC=C)CCN(C)CCN(CCC(=O)OCCCCCCCC/C=C\CC(CCCCCC)OC(=O)CCCCCCCC=C)CCC(=O)OCCCCCCCC/C=C\CC(CCCCCC)OC(=O)CCCCCCCC=C)CCCCCC. The summed E-state index contributed by atoms with van der Waals surface area (Å²) in [4.78, 5) is 112. The maximum absolute atomic E-state index is 13.4. The molecule has 0 radical (unpaired) electrons. The summed E-state index contributed by atoms with van der Waals surface area (Å²) in [6.07, 6.45) is 109. The number of allylic oxidation sites excluding steroid dienone is 8. The lowest BCUT2D eigenvalue weighted by molar-refractivity contribution is -0.150. The van der Waals surface area contributed by atoms with Gasteiger partial charge >= 0.3 is 47.8 Å².